The number of amides is 1. The highest BCUT2D eigenvalue weighted by molar-refractivity contribution is 9.10. The van der Waals surface area contributed by atoms with Crippen LogP contribution in [0.1, 0.15) is 32.1 Å². The van der Waals surface area contributed by atoms with E-state index in [4.69, 9.17) is 0 Å². The number of fused-ring (bicyclic) bond motifs is 2. The first kappa shape index (κ1) is 12.2. The number of nitrogens with one attached hydrogen (secondary N) is 1. The molecule has 0 radical (unpaired) electrons. The van der Waals surface area contributed by atoms with Crippen LogP contribution in [0.25, 0.3) is 0 Å². The quantitative estimate of drug-likeness (QED) is 0.890. The monoisotopic (exact) mass is 307 g/mol. The molecule has 2 fully saturated rings. The van der Waals surface area contributed by atoms with Gasteiger partial charge in [-0.1, -0.05) is 28.4 Å². The predicted octanol–water partition coefficient (Wildman–Crippen LogP) is 4.21. The van der Waals surface area contributed by atoms with Crippen molar-refractivity contribution in [3.63, 3.8) is 0 Å². The summed E-state index contributed by atoms with van der Waals surface area (Å²) in [6, 6.07) is 7.78. The van der Waals surface area contributed by atoms with Gasteiger partial charge in [-0.05, 0) is 55.2 Å². The average Bonchev–Trinajstić information content (AvgIpc) is 2.90. The lowest BCUT2D eigenvalue weighted by atomic mass is 9.86. The van der Waals surface area contributed by atoms with Crippen molar-refractivity contribution in [2.45, 2.75) is 32.1 Å². The molecule has 2 aliphatic rings. The van der Waals surface area contributed by atoms with Crippen LogP contribution in [0.2, 0.25) is 0 Å². The van der Waals surface area contributed by atoms with E-state index >= 15 is 0 Å². The van der Waals surface area contributed by atoms with Gasteiger partial charge in [0, 0.05) is 16.6 Å². The van der Waals surface area contributed by atoms with Crippen molar-refractivity contribution in [2.75, 3.05) is 5.32 Å². The molecule has 2 saturated carbocycles. The van der Waals surface area contributed by atoms with E-state index in [0.29, 0.717) is 12.3 Å². The molecule has 0 saturated heterocycles. The third kappa shape index (κ3) is 2.61. The molecule has 0 spiro atoms. The predicted molar refractivity (Wildman–Crippen MR) is 76.3 cm³/mol. The lowest BCUT2D eigenvalue weighted by molar-refractivity contribution is -0.117. The molecule has 1 aromatic carbocycles. The summed E-state index contributed by atoms with van der Waals surface area (Å²) < 4.78 is 1.00. The number of halogens is 1. The highest BCUT2D eigenvalue weighted by atomic mass is 79.9. The maximum atomic E-state index is 12.0. The summed E-state index contributed by atoms with van der Waals surface area (Å²) in [6.07, 6.45) is 6.09. The van der Waals surface area contributed by atoms with Crippen LogP contribution in [0.3, 0.4) is 0 Å². The molecule has 0 aliphatic heterocycles. The van der Waals surface area contributed by atoms with Crippen molar-refractivity contribution in [3.05, 3.63) is 28.7 Å². The molecule has 2 aliphatic carbocycles. The second-order valence-electron chi connectivity index (χ2n) is 5.70. The van der Waals surface area contributed by atoms with Crippen LogP contribution in [-0.4, -0.2) is 5.91 Å². The third-order valence-corrected chi connectivity index (χ3v) is 4.93. The molecule has 2 nitrogen and oxygen atoms in total. The Morgan fingerprint density at radius 3 is 2.89 bits per heavy atom. The Labute approximate surface area is 116 Å². The van der Waals surface area contributed by atoms with Crippen molar-refractivity contribution in [1.29, 1.82) is 0 Å². The summed E-state index contributed by atoms with van der Waals surface area (Å²) in [5, 5.41) is 3.00. The molecule has 18 heavy (non-hydrogen) atoms. The van der Waals surface area contributed by atoms with Crippen LogP contribution < -0.4 is 5.32 Å². The van der Waals surface area contributed by atoms with Gasteiger partial charge in [-0.15, -0.1) is 0 Å². The Morgan fingerprint density at radius 2 is 2.22 bits per heavy atom. The Bertz CT molecular complexity index is 460. The Kier molecular flexibility index (Phi) is 3.42. The zero-order chi connectivity index (χ0) is 12.5. The molecule has 0 aromatic heterocycles. The van der Waals surface area contributed by atoms with Crippen LogP contribution >= 0.6 is 15.9 Å². The molecule has 1 N–H and O–H groups in total. The molecule has 3 heteroatoms. The van der Waals surface area contributed by atoms with Crippen LogP contribution in [0, 0.1) is 17.8 Å². The smallest absolute Gasteiger partial charge is 0.224 e. The number of hydrogen-bond acceptors (Lipinski definition) is 1. The number of benzene rings is 1. The molecule has 1 amide bonds. The summed E-state index contributed by atoms with van der Waals surface area (Å²) in [4.78, 5) is 12.0. The van der Waals surface area contributed by atoms with Crippen molar-refractivity contribution < 1.29 is 4.79 Å². The SMILES string of the molecule is O=C(C[C@H]1C[C@@H]2CC[C@@H]1C2)Nc1cccc(Br)c1. The van der Waals surface area contributed by atoms with E-state index in [1.807, 2.05) is 24.3 Å². The summed E-state index contributed by atoms with van der Waals surface area (Å²) in [5.41, 5.74) is 0.887. The maximum absolute atomic E-state index is 12.0. The molecule has 96 valence electrons. The molecule has 2 bridgehead atoms. The minimum Gasteiger partial charge on any atom is -0.326 e. The van der Waals surface area contributed by atoms with E-state index in [1.54, 1.807) is 0 Å². The van der Waals surface area contributed by atoms with Gasteiger partial charge in [-0.25, -0.2) is 0 Å². The van der Waals surface area contributed by atoms with Crippen molar-refractivity contribution in [1.82, 2.24) is 0 Å². The first-order valence-corrected chi connectivity index (χ1v) is 7.55. The third-order valence-electron chi connectivity index (χ3n) is 4.44. The lowest BCUT2D eigenvalue weighted by Crippen LogP contribution is -2.20. The van der Waals surface area contributed by atoms with Gasteiger partial charge in [0.2, 0.25) is 5.91 Å². The van der Waals surface area contributed by atoms with Gasteiger partial charge in [0.25, 0.3) is 0 Å². The standard InChI is InChI=1S/C15H18BrNO/c16-13-2-1-3-14(9-13)17-15(18)8-12-7-10-4-5-11(12)6-10/h1-3,9-12H,4-8H2,(H,17,18)/t10-,11-,12-/m1/s1. The van der Waals surface area contributed by atoms with E-state index in [1.165, 1.54) is 25.7 Å². The second kappa shape index (κ2) is 5.04. The summed E-state index contributed by atoms with van der Waals surface area (Å²) in [5.74, 6) is 2.54. The number of hydrogen-bond donors (Lipinski definition) is 1. The van der Waals surface area contributed by atoms with Crippen LogP contribution in [0.15, 0.2) is 28.7 Å². The summed E-state index contributed by atoms with van der Waals surface area (Å²) in [7, 11) is 0. The topological polar surface area (TPSA) is 29.1 Å². The Hall–Kier alpha value is -0.830. The van der Waals surface area contributed by atoms with Crippen molar-refractivity contribution >= 4 is 27.5 Å². The van der Waals surface area contributed by atoms with Crippen molar-refractivity contribution in [2.24, 2.45) is 17.8 Å². The fraction of sp³-hybridized carbons (Fsp3) is 0.533. The second-order valence-corrected chi connectivity index (χ2v) is 6.61. The summed E-state index contributed by atoms with van der Waals surface area (Å²) >= 11 is 3.42. The summed E-state index contributed by atoms with van der Waals surface area (Å²) in [6.45, 7) is 0. The fourth-order valence-electron chi connectivity index (χ4n) is 3.64. The highest BCUT2D eigenvalue weighted by Crippen LogP contribution is 2.49. The first-order valence-electron chi connectivity index (χ1n) is 6.76. The van der Waals surface area contributed by atoms with E-state index in [0.717, 1.165) is 22.0 Å². The molecule has 3 atom stereocenters. The lowest BCUT2D eigenvalue weighted by Gasteiger charge is -2.20. The average molecular weight is 308 g/mol. The van der Waals surface area contributed by atoms with Gasteiger partial charge in [-0.3, -0.25) is 4.79 Å². The normalized spacial score (nSPS) is 29.5. The van der Waals surface area contributed by atoms with Crippen molar-refractivity contribution in [3.8, 4) is 0 Å². The minimum atomic E-state index is 0.172. The van der Waals surface area contributed by atoms with E-state index in [2.05, 4.69) is 21.2 Å². The molecule has 0 heterocycles. The molecular formula is C15H18BrNO. The van der Waals surface area contributed by atoms with Crippen LogP contribution in [0.5, 0.6) is 0 Å². The van der Waals surface area contributed by atoms with Gasteiger partial charge in [0.15, 0.2) is 0 Å². The van der Waals surface area contributed by atoms with Gasteiger partial charge in [0.1, 0.15) is 0 Å². The first-order chi connectivity index (χ1) is 8.70. The van der Waals surface area contributed by atoms with Gasteiger partial charge in [-0.2, -0.15) is 0 Å². The minimum absolute atomic E-state index is 0.172. The highest BCUT2D eigenvalue weighted by Gasteiger charge is 2.40. The zero-order valence-electron chi connectivity index (χ0n) is 10.4. The Balaban J connectivity index is 1.56. The number of anilines is 1. The maximum Gasteiger partial charge on any atom is 0.224 e. The van der Waals surface area contributed by atoms with Crippen LogP contribution in [-0.2, 0) is 4.79 Å². The molecular weight excluding hydrogens is 290 g/mol. The zero-order valence-corrected chi connectivity index (χ0v) is 11.9. The van der Waals surface area contributed by atoms with Crippen LogP contribution in [0.4, 0.5) is 5.69 Å². The molecule has 3 rings (SSSR count). The molecule has 1 aromatic rings. The Morgan fingerprint density at radius 1 is 1.33 bits per heavy atom. The van der Waals surface area contributed by atoms with E-state index in [-0.39, 0.29) is 5.91 Å². The van der Waals surface area contributed by atoms with E-state index < -0.39 is 0 Å². The van der Waals surface area contributed by atoms with E-state index in [9.17, 15) is 4.79 Å². The number of rotatable bonds is 3. The number of carbonyl (C=O) groups is 1. The van der Waals surface area contributed by atoms with Gasteiger partial charge >= 0.3 is 0 Å². The van der Waals surface area contributed by atoms with Gasteiger partial charge < -0.3 is 5.32 Å². The van der Waals surface area contributed by atoms with Gasteiger partial charge in [0.05, 0.1) is 0 Å². The largest absolute Gasteiger partial charge is 0.326 e. The molecule has 0 unspecified atom stereocenters. The fourth-order valence-corrected chi connectivity index (χ4v) is 4.04. The number of carbonyl (C=O) groups excluding carboxylic acids is 1.